The summed E-state index contributed by atoms with van der Waals surface area (Å²) in [5.74, 6) is -1.52. The van der Waals surface area contributed by atoms with E-state index in [0.29, 0.717) is 13.1 Å². The zero-order valence-electron chi connectivity index (χ0n) is 13.2. The minimum absolute atomic E-state index is 0.00831. The van der Waals surface area contributed by atoms with E-state index in [1.807, 2.05) is 0 Å². The molecule has 132 valence electrons. The maximum Gasteiger partial charge on any atom is 0.261 e. The summed E-state index contributed by atoms with van der Waals surface area (Å²) in [5.41, 5.74) is -2.24. The zero-order chi connectivity index (χ0) is 17.4. The molecule has 8 heteroatoms. The molecule has 2 fully saturated rings. The lowest BCUT2D eigenvalue weighted by Gasteiger charge is -2.37. The first-order chi connectivity index (χ1) is 11.3. The Kier molecular flexibility index (Phi) is 4.61. The number of halogens is 2. The van der Waals surface area contributed by atoms with E-state index in [2.05, 4.69) is 0 Å². The van der Waals surface area contributed by atoms with E-state index in [1.165, 1.54) is 17.0 Å². The first kappa shape index (κ1) is 17.3. The fraction of sp³-hybridized carbons (Fsp3) is 0.562. The number of nitrogens with zero attached hydrogens (tertiary/aromatic N) is 2. The van der Waals surface area contributed by atoms with Gasteiger partial charge in [0.25, 0.3) is 5.91 Å². The van der Waals surface area contributed by atoms with Crippen LogP contribution >= 0.6 is 0 Å². The lowest BCUT2D eigenvalue weighted by atomic mass is 9.94. The van der Waals surface area contributed by atoms with Gasteiger partial charge in [-0.15, -0.1) is 0 Å². The van der Waals surface area contributed by atoms with Gasteiger partial charge in [0.2, 0.25) is 15.7 Å². The molecule has 1 aromatic rings. The van der Waals surface area contributed by atoms with Crippen molar-refractivity contribution in [2.45, 2.75) is 36.2 Å². The van der Waals surface area contributed by atoms with Gasteiger partial charge in [0.1, 0.15) is 10.7 Å². The molecule has 1 amide bonds. The predicted octanol–water partition coefficient (Wildman–Crippen LogP) is 1.94. The highest BCUT2D eigenvalue weighted by molar-refractivity contribution is 7.89. The molecule has 2 heterocycles. The topological polar surface area (TPSA) is 57.7 Å². The molecule has 0 saturated carbocycles. The quantitative estimate of drug-likeness (QED) is 0.830. The summed E-state index contributed by atoms with van der Waals surface area (Å²) in [6, 6.07) is 5.01. The Morgan fingerprint density at radius 2 is 1.75 bits per heavy atom. The maximum atomic E-state index is 15.2. The molecule has 24 heavy (non-hydrogen) atoms. The molecule has 2 aliphatic rings. The van der Waals surface area contributed by atoms with Gasteiger partial charge >= 0.3 is 0 Å². The molecular weight excluding hydrogens is 338 g/mol. The molecule has 0 aliphatic carbocycles. The second-order valence-electron chi connectivity index (χ2n) is 6.34. The molecule has 1 aromatic carbocycles. The third-order valence-corrected chi connectivity index (χ3v) is 6.52. The summed E-state index contributed by atoms with van der Waals surface area (Å²) < 4.78 is 55.2. The highest BCUT2D eigenvalue weighted by atomic mass is 32.2. The highest BCUT2D eigenvalue weighted by Gasteiger charge is 2.48. The van der Waals surface area contributed by atoms with Crippen LogP contribution < -0.4 is 0 Å². The second kappa shape index (κ2) is 6.40. The molecule has 0 N–H and O–H groups in total. The normalized spacial score (nSPS) is 25.8. The highest BCUT2D eigenvalue weighted by Crippen LogP contribution is 2.32. The summed E-state index contributed by atoms with van der Waals surface area (Å²) >= 11 is 0. The van der Waals surface area contributed by atoms with E-state index >= 15 is 4.39 Å². The molecule has 0 spiro atoms. The van der Waals surface area contributed by atoms with Crippen molar-refractivity contribution in [3.8, 4) is 0 Å². The third kappa shape index (κ3) is 3.04. The number of hydrogen-bond acceptors (Lipinski definition) is 3. The number of hydrogen-bond donors (Lipinski definition) is 0. The zero-order valence-corrected chi connectivity index (χ0v) is 14.1. The molecular formula is C16H20F2N2O3S. The number of piperidine rings is 1. The van der Waals surface area contributed by atoms with Crippen LogP contribution in [0.3, 0.4) is 0 Å². The van der Waals surface area contributed by atoms with Crippen molar-refractivity contribution in [2.75, 3.05) is 26.2 Å². The van der Waals surface area contributed by atoms with Crippen LogP contribution in [0.2, 0.25) is 0 Å². The van der Waals surface area contributed by atoms with Crippen molar-refractivity contribution in [1.29, 1.82) is 0 Å². The van der Waals surface area contributed by atoms with Crippen LogP contribution in [0, 0.1) is 5.82 Å². The summed E-state index contributed by atoms with van der Waals surface area (Å²) in [7, 11) is -4.17. The second-order valence-corrected chi connectivity index (χ2v) is 8.24. The first-order valence-electron chi connectivity index (χ1n) is 8.08. The van der Waals surface area contributed by atoms with Gasteiger partial charge in [-0.3, -0.25) is 4.79 Å². The Labute approximate surface area is 140 Å². The predicted molar refractivity (Wildman–Crippen MR) is 84.0 cm³/mol. The van der Waals surface area contributed by atoms with Gasteiger partial charge in [-0.2, -0.15) is 4.31 Å². The number of likely N-dealkylation sites (tertiary alicyclic amines) is 1. The van der Waals surface area contributed by atoms with E-state index in [4.69, 9.17) is 0 Å². The fourth-order valence-corrected chi connectivity index (χ4v) is 4.94. The van der Waals surface area contributed by atoms with Gasteiger partial charge in [-0.1, -0.05) is 12.1 Å². The van der Waals surface area contributed by atoms with Crippen molar-refractivity contribution in [3.05, 3.63) is 30.1 Å². The van der Waals surface area contributed by atoms with E-state index in [1.54, 1.807) is 0 Å². The summed E-state index contributed by atoms with van der Waals surface area (Å²) in [6.07, 6.45) is 1.88. The van der Waals surface area contributed by atoms with Crippen LogP contribution in [0.4, 0.5) is 8.78 Å². The van der Waals surface area contributed by atoms with Crippen LogP contribution in [-0.2, 0) is 14.8 Å². The van der Waals surface area contributed by atoms with Crippen molar-refractivity contribution in [2.24, 2.45) is 0 Å². The van der Waals surface area contributed by atoms with Gasteiger partial charge in [-0.25, -0.2) is 17.2 Å². The standard InChI is InChI=1S/C16H20F2N2O3S/c17-13-6-1-2-7-14(13)24(22,23)20-11-5-8-16(18,12-20)15(21)19-9-3-4-10-19/h1-2,6-7H,3-5,8-12H2. The molecule has 2 saturated heterocycles. The Balaban J connectivity index is 1.85. The van der Waals surface area contributed by atoms with Gasteiger partial charge in [-0.05, 0) is 37.8 Å². The largest absolute Gasteiger partial charge is 0.340 e. The van der Waals surface area contributed by atoms with E-state index in [-0.39, 0.29) is 19.4 Å². The number of alkyl halides is 1. The van der Waals surface area contributed by atoms with Crippen molar-refractivity contribution >= 4 is 15.9 Å². The number of carbonyl (C=O) groups excluding carboxylic acids is 1. The number of carbonyl (C=O) groups is 1. The molecule has 2 aliphatic heterocycles. The lowest BCUT2D eigenvalue weighted by Crippen LogP contribution is -2.56. The molecule has 5 nitrogen and oxygen atoms in total. The summed E-state index contributed by atoms with van der Waals surface area (Å²) in [6.45, 7) is 0.532. The maximum absolute atomic E-state index is 15.2. The number of amides is 1. The van der Waals surface area contributed by atoms with Gasteiger partial charge in [0.05, 0.1) is 6.54 Å². The number of rotatable bonds is 3. The third-order valence-electron chi connectivity index (χ3n) is 4.64. The van der Waals surface area contributed by atoms with Crippen molar-refractivity contribution in [3.63, 3.8) is 0 Å². The Bertz CT molecular complexity index is 735. The molecule has 3 rings (SSSR count). The average molecular weight is 358 g/mol. The van der Waals surface area contributed by atoms with Gasteiger partial charge in [0.15, 0.2) is 0 Å². The van der Waals surface area contributed by atoms with Crippen LogP contribution in [0.25, 0.3) is 0 Å². The Morgan fingerprint density at radius 3 is 2.42 bits per heavy atom. The van der Waals surface area contributed by atoms with Crippen LogP contribution in [0.5, 0.6) is 0 Å². The van der Waals surface area contributed by atoms with Crippen LogP contribution in [0.1, 0.15) is 25.7 Å². The molecule has 1 unspecified atom stereocenters. The minimum Gasteiger partial charge on any atom is -0.340 e. The molecule has 0 bridgehead atoms. The summed E-state index contributed by atoms with van der Waals surface area (Å²) in [5, 5.41) is 0. The Morgan fingerprint density at radius 1 is 1.08 bits per heavy atom. The molecule has 0 radical (unpaired) electrons. The SMILES string of the molecule is O=C(N1CCCC1)C1(F)CCCN(S(=O)(=O)c2ccccc2F)C1. The fourth-order valence-electron chi connectivity index (χ4n) is 3.35. The first-order valence-corrected chi connectivity index (χ1v) is 9.52. The van der Waals surface area contributed by atoms with E-state index < -0.39 is 38.9 Å². The average Bonchev–Trinajstić information content (AvgIpc) is 3.08. The van der Waals surface area contributed by atoms with Crippen LogP contribution in [0.15, 0.2) is 29.2 Å². The van der Waals surface area contributed by atoms with Crippen LogP contribution in [-0.4, -0.2) is 55.4 Å². The Hall–Kier alpha value is -1.54. The van der Waals surface area contributed by atoms with Crippen molar-refractivity contribution < 1.29 is 22.0 Å². The smallest absolute Gasteiger partial charge is 0.261 e. The molecule has 0 aromatic heterocycles. The minimum atomic E-state index is -4.17. The van der Waals surface area contributed by atoms with Gasteiger partial charge in [0, 0.05) is 19.6 Å². The molecule has 1 atom stereocenters. The number of benzene rings is 1. The van der Waals surface area contributed by atoms with E-state index in [9.17, 15) is 17.6 Å². The van der Waals surface area contributed by atoms with Gasteiger partial charge < -0.3 is 4.90 Å². The summed E-state index contributed by atoms with van der Waals surface area (Å²) in [4.78, 5) is 13.4. The number of sulfonamides is 1. The lowest BCUT2D eigenvalue weighted by molar-refractivity contribution is -0.145. The van der Waals surface area contributed by atoms with Crippen molar-refractivity contribution in [1.82, 2.24) is 9.21 Å². The van der Waals surface area contributed by atoms with E-state index in [0.717, 1.165) is 29.3 Å². The monoisotopic (exact) mass is 358 g/mol.